The molecule has 0 radical (unpaired) electrons. The highest BCUT2D eigenvalue weighted by Gasteiger charge is 2.70. The minimum atomic E-state index is -2.44. The Labute approximate surface area is 159 Å². The van der Waals surface area contributed by atoms with Gasteiger partial charge >= 0.3 is 6.71 Å². The van der Waals surface area contributed by atoms with Crippen LogP contribution < -0.4 is 0 Å². The van der Waals surface area contributed by atoms with E-state index in [2.05, 4.69) is 87.7 Å². The SMILES string of the molecule is CC1(C)OB([Si](Cl)(C([Si](C)(C)C)[Si](C)(C)C)C(C)(C)C)OC1(C)C. The van der Waals surface area contributed by atoms with Crippen molar-refractivity contribution in [2.24, 2.45) is 0 Å². The third-order valence-electron chi connectivity index (χ3n) is 5.90. The molecule has 1 unspecified atom stereocenters. The maximum Gasteiger partial charge on any atom is 0.453 e. The van der Waals surface area contributed by atoms with E-state index in [0.29, 0.717) is 4.79 Å². The Hall–Kier alpha value is 0.926. The quantitative estimate of drug-likeness (QED) is 0.404. The van der Waals surface area contributed by atoms with Gasteiger partial charge in [-0.15, -0.1) is 0 Å². The summed E-state index contributed by atoms with van der Waals surface area (Å²) in [4.78, 5) is 0.605. The fourth-order valence-corrected chi connectivity index (χ4v) is 37.3. The van der Waals surface area contributed by atoms with E-state index in [1.54, 1.807) is 0 Å². The lowest BCUT2D eigenvalue weighted by Gasteiger charge is -2.53. The Morgan fingerprint density at radius 2 is 1.08 bits per heavy atom. The van der Waals surface area contributed by atoms with E-state index in [4.69, 9.17) is 20.4 Å². The van der Waals surface area contributed by atoms with E-state index in [0.717, 1.165) is 0 Å². The lowest BCUT2D eigenvalue weighted by molar-refractivity contribution is 0.00578. The third kappa shape index (κ3) is 3.93. The first kappa shape index (κ1) is 23.0. The van der Waals surface area contributed by atoms with Crippen molar-refractivity contribution in [3.05, 3.63) is 0 Å². The van der Waals surface area contributed by atoms with Crippen molar-refractivity contribution >= 4 is 41.2 Å². The van der Waals surface area contributed by atoms with Crippen LogP contribution in [0.1, 0.15) is 48.5 Å². The van der Waals surface area contributed by atoms with Crippen LogP contribution >= 0.6 is 11.1 Å². The van der Waals surface area contributed by atoms with Gasteiger partial charge in [0.1, 0.15) is 0 Å². The molecule has 0 amide bonds. The summed E-state index contributed by atoms with van der Waals surface area (Å²) in [5.41, 5.74) is -0.640. The van der Waals surface area contributed by atoms with Gasteiger partial charge in [0.25, 0.3) is 0 Å². The van der Waals surface area contributed by atoms with Crippen molar-refractivity contribution < 1.29 is 9.31 Å². The molecular weight excluding hydrogens is 367 g/mol. The van der Waals surface area contributed by atoms with E-state index in [1.807, 2.05) is 0 Å². The molecule has 0 aliphatic carbocycles. The monoisotopic (exact) mass is 406 g/mol. The molecule has 2 nitrogen and oxygen atoms in total. The van der Waals surface area contributed by atoms with Crippen LogP contribution in [0.4, 0.5) is 0 Å². The Morgan fingerprint density at radius 1 is 0.792 bits per heavy atom. The summed E-state index contributed by atoms with van der Waals surface area (Å²) >= 11 is 7.77. The van der Waals surface area contributed by atoms with Crippen LogP contribution in [-0.2, 0) is 9.31 Å². The molecule has 1 aliphatic heterocycles. The normalized spacial score (nSPS) is 24.4. The minimum absolute atomic E-state index is 0.0148. The van der Waals surface area contributed by atoms with Gasteiger partial charge < -0.3 is 9.31 Å². The second-order valence-corrected chi connectivity index (χ2v) is 30.1. The lowest BCUT2D eigenvalue weighted by atomic mass is 9.90. The van der Waals surface area contributed by atoms with Gasteiger partial charge in [0, 0.05) is 16.1 Å². The molecule has 1 atom stereocenters. The summed E-state index contributed by atoms with van der Waals surface area (Å²) in [7, 11) is -5.44. The molecule has 1 fully saturated rings. The van der Waals surface area contributed by atoms with Gasteiger partial charge in [-0.05, 0) is 37.5 Å². The first-order valence-electron chi connectivity index (χ1n) is 9.22. The molecule has 142 valence electrons. The fraction of sp³-hybridized carbons (Fsp3) is 1.00. The molecule has 0 bridgehead atoms. The van der Waals surface area contributed by atoms with Crippen molar-refractivity contribution in [1.29, 1.82) is 0 Å². The predicted molar refractivity (Wildman–Crippen MR) is 118 cm³/mol. The zero-order chi connectivity index (χ0) is 19.6. The highest BCUT2D eigenvalue weighted by Crippen LogP contribution is 2.57. The molecule has 0 aromatic heterocycles. The first-order valence-corrected chi connectivity index (χ1v) is 19.5. The molecule has 7 heteroatoms. The average Bonchev–Trinajstić information content (AvgIpc) is 2.41. The van der Waals surface area contributed by atoms with Gasteiger partial charge in [-0.25, -0.2) is 0 Å². The van der Waals surface area contributed by atoms with Crippen LogP contribution in [0.15, 0.2) is 0 Å². The predicted octanol–water partition coefficient (Wildman–Crippen LogP) is 6.27. The maximum absolute atomic E-state index is 7.77. The van der Waals surface area contributed by atoms with E-state index in [-0.39, 0.29) is 23.0 Å². The molecule has 1 aliphatic rings. The van der Waals surface area contributed by atoms with Crippen molar-refractivity contribution in [3.63, 3.8) is 0 Å². The van der Waals surface area contributed by atoms with Crippen LogP contribution in [0.3, 0.4) is 0 Å². The molecule has 0 aromatic carbocycles. The summed E-state index contributed by atoms with van der Waals surface area (Å²) in [5, 5.41) is 0.0148. The van der Waals surface area contributed by atoms with E-state index in [1.165, 1.54) is 0 Å². The summed E-state index contributed by atoms with van der Waals surface area (Å²) in [5.74, 6) is 0. The molecule has 1 rings (SSSR count). The third-order valence-corrected chi connectivity index (χ3v) is 30.5. The Kier molecular flexibility index (Phi) is 5.96. The number of hydrogen-bond donors (Lipinski definition) is 0. The standard InChI is InChI=1S/C17H40BClO2Si3/c1-15(2,3)24(19,14(22(8,9)10)23(11,12)13)18-20-16(4,5)17(6,7)21-18/h14H,1-13H3. The van der Waals surface area contributed by atoms with E-state index in [9.17, 15) is 0 Å². The molecular formula is C17H40BClO2Si3. The van der Waals surface area contributed by atoms with Crippen molar-refractivity contribution in [2.75, 3.05) is 0 Å². The van der Waals surface area contributed by atoms with Gasteiger partial charge in [-0.3, -0.25) is 0 Å². The molecule has 24 heavy (non-hydrogen) atoms. The van der Waals surface area contributed by atoms with Crippen molar-refractivity contribution in [2.45, 2.75) is 109 Å². The molecule has 0 saturated carbocycles. The van der Waals surface area contributed by atoms with Crippen LogP contribution in [0.5, 0.6) is 0 Å². The van der Waals surface area contributed by atoms with Gasteiger partial charge in [-0.1, -0.05) is 60.1 Å². The second kappa shape index (κ2) is 6.23. The minimum Gasteiger partial charge on any atom is -0.405 e. The zero-order valence-electron chi connectivity index (χ0n) is 18.3. The smallest absolute Gasteiger partial charge is 0.405 e. The van der Waals surface area contributed by atoms with Gasteiger partial charge in [0.15, 0.2) is 0 Å². The fourth-order valence-electron chi connectivity index (χ4n) is 4.50. The summed E-state index contributed by atoms with van der Waals surface area (Å²) in [6, 6.07) is 0. The van der Waals surface area contributed by atoms with Crippen LogP contribution in [0.2, 0.25) is 49.1 Å². The van der Waals surface area contributed by atoms with E-state index < -0.39 is 23.4 Å². The maximum atomic E-state index is 7.77. The summed E-state index contributed by atoms with van der Waals surface area (Å²) < 4.78 is 13.2. The van der Waals surface area contributed by atoms with Gasteiger partial charge in [-0.2, -0.15) is 11.1 Å². The molecule has 0 spiro atoms. The lowest BCUT2D eigenvalue weighted by Crippen LogP contribution is -2.68. The number of halogens is 1. The van der Waals surface area contributed by atoms with Crippen molar-refractivity contribution in [1.82, 2.24) is 0 Å². The average molecular weight is 407 g/mol. The number of rotatable bonds is 4. The van der Waals surface area contributed by atoms with Crippen molar-refractivity contribution in [3.8, 4) is 0 Å². The summed E-state index contributed by atoms with van der Waals surface area (Å²) in [6.45, 7) is 30.1. The topological polar surface area (TPSA) is 18.5 Å². The Bertz CT molecular complexity index is 448. The molecule has 1 heterocycles. The van der Waals surface area contributed by atoms with Crippen LogP contribution in [0, 0.1) is 0 Å². The van der Waals surface area contributed by atoms with Gasteiger partial charge in [0.05, 0.1) is 11.2 Å². The Morgan fingerprint density at radius 3 is 1.29 bits per heavy atom. The highest BCUT2D eigenvalue weighted by atomic mass is 35.6. The van der Waals surface area contributed by atoms with Crippen LogP contribution in [-0.4, -0.2) is 41.3 Å². The number of hydrogen-bond acceptors (Lipinski definition) is 2. The second-order valence-electron chi connectivity index (χ2n) is 11.8. The molecule has 0 N–H and O–H groups in total. The largest absolute Gasteiger partial charge is 0.453 e. The van der Waals surface area contributed by atoms with Crippen LogP contribution in [0.25, 0.3) is 0 Å². The summed E-state index contributed by atoms with van der Waals surface area (Å²) in [6.07, 6.45) is 0. The zero-order valence-corrected chi connectivity index (χ0v) is 22.1. The molecule has 0 aromatic rings. The highest BCUT2D eigenvalue weighted by molar-refractivity contribution is 7.57. The van der Waals surface area contributed by atoms with Gasteiger partial charge in [0.2, 0.25) is 7.25 Å². The Balaban J connectivity index is 3.57. The first-order chi connectivity index (χ1) is 10.2. The van der Waals surface area contributed by atoms with E-state index >= 15 is 0 Å². The molecule has 1 saturated heterocycles.